The van der Waals surface area contributed by atoms with Gasteiger partial charge in [0, 0.05) is 26.8 Å². The number of carboxylic acid groups (broad SMARTS) is 1. The van der Waals surface area contributed by atoms with Crippen molar-refractivity contribution < 1.29 is 19.4 Å². The lowest BCUT2D eigenvalue weighted by Crippen LogP contribution is -2.48. The highest BCUT2D eigenvalue weighted by Crippen LogP contribution is 2.02. The van der Waals surface area contributed by atoms with E-state index in [0.717, 1.165) is 5.57 Å². The molecule has 1 unspecified atom stereocenters. The average Bonchev–Trinajstić information content (AvgIpc) is 2.34. The van der Waals surface area contributed by atoms with Gasteiger partial charge in [-0.25, -0.2) is 9.59 Å². The number of aliphatic carboxylic acids is 1. The lowest BCUT2D eigenvalue weighted by Gasteiger charge is -2.24. The van der Waals surface area contributed by atoms with E-state index in [1.807, 2.05) is 13.8 Å². The van der Waals surface area contributed by atoms with Gasteiger partial charge in [0.1, 0.15) is 6.04 Å². The number of carbonyl (C=O) groups excluding carboxylic acids is 1. The number of rotatable bonds is 9. The molecule has 0 aromatic rings. The minimum Gasteiger partial charge on any atom is -0.480 e. The number of nitrogens with zero attached hydrogens (tertiary/aromatic N) is 1. The fourth-order valence-corrected chi connectivity index (χ4v) is 1.58. The van der Waals surface area contributed by atoms with Crippen LogP contribution in [0, 0.1) is 0 Å². The van der Waals surface area contributed by atoms with E-state index >= 15 is 0 Å². The van der Waals surface area contributed by atoms with Gasteiger partial charge in [0.05, 0.1) is 0 Å². The van der Waals surface area contributed by atoms with E-state index in [9.17, 15) is 9.59 Å². The third-order valence-electron chi connectivity index (χ3n) is 2.57. The largest absolute Gasteiger partial charge is 0.480 e. The first kappa shape index (κ1) is 17.4. The molecule has 6 heteroatoms. The van der Waals surface area contributed by atoms with Gasteiger partial charge < -0.3 is 20.1 Å². The molecule has 2 amide bonds. The van der Waals surface area contributed by atoms with Crippen LogP contribution in [0.2, 0.25) is 0 Å². The molecule has 19 heavy (non-hydrogen) atoms. The molecular formula is C13H24N2O4. The molecule has 0 bridgehead atoms. The molecule has 0 saturated carbocycles. The smallest absolute Gasteiger partial charge is 0.326 e. The molecule has 0 aliphatic carbocycles. The van der Waals surface area contributed by atoms with Gasteiger partial charge in [-0.15, -0.1) is 0 Å². The summed E-state index contributed by atoms with van der Waals surface area (Å²) in [6.45, 7) is 8.81. The highest BCUT2D eigenvalue weighted by atomic mass is 16.5. The van der Waals surface area contributed by atoms with Gasteiger partial charge in [-0.2, -0.15) is 0 Å². The van der Waals surface area contributed by atoms with E-state index in [-0.39, 0.29) is 6.03 Å². The Labute approximate surface area is 114 Å². The third-order valence-corrected chi connectivity index (χ3v) is 2.57. The maximum atomic E-state index is 11.9. The SMILES string of the molecule is C=C(C)CN(CC)C(=O)NC(CCCOC)C(=O)O. The minimum atomic E-state index is -1.03. The second-order valence-electron chi connectivity index (χ2n) is 4.45. The monoisotopic (exact) mass is 272 g/mol. The first-order valence-electron chi connectivity index (χ1n) is 6.33. The van der Waals surface area contributed by atoms with Gasteiger partial charge in [0.2, 0.25) is 0 Å². The number of likely N-dealkylation sites (N-methyl/N-ethyl adjacent to an activating group) is 1. The van der Waals surface area contributed by atoms with Gasteiger partial charge >= 0.3 is 12.0 Å². The number of methoxy groups -OCH3 is 1. The number of urea groups is 1. The predicted molar refractivity (Wildman–Crippen MR) is 73.1 cm³/mol. The maximum Gasteiger partial charge on any atom is 0.326 e. The van der Waals surface area contributed by atoms with Crippen LogP contribution in [0.15, 0.2) is 12.2 Å². The Balaban J connectivity index is 4.43. The van der Waals surface area contributed by atoms with Crippen molar-refractivity contribution in [3.8, 4) is 0 Å². The molecule has 0 radical (unpaired) electrons. The molecule has 0 aliphatic heterocycles. The topological polar surface area (TPSA) is 78.9 Å². The van der Waals surface area contributed by atoms with Gasteiger partial charge in [-0.3, -0.25) is 0 Å². The van der Waals surface area contributed by atoms with Crippen molar-refractivity contribution >= 4 is 12.0 Å². The average molecular weight is 272 g/mol. The van der Waals surface area contributed by atoms with E-state index in [1.165, 1.54) is 4.90 Å². The normalized spacial score (nSPS) is 11.7. The quantitative estimate of drug-likeness (QED) is 0.492. The van der Waals surface area contributed by atoms with Crippen molar-refractivity contribution in [2.24, 2.45) is 0 Å². The molecule has 0 aromatic carbocycles. The Morgan fingerprint density at radius 1 is 1.47 bits per heavy atom. The highest BCUT2D eigenvalue weighted by molar-refractivity contribution is 5.82. The number of carboxylic acids is 1. The van der Waals surface area contributed by atoms with Crippen molar-refractivity contribution in [3.63, 3.8) is 0 Å². The van der Waals surface area contributed by atoms with Crippen LogP contribution in [0.5, 0.6) is 0 Å². The van der Waals surface area contributed by atoms with Crippen molar-refractivity contribution in [1.29, 1.82) is 0 Å². The molecule has 0 fully saturated rings. The van der Waals surface area contributed by atoms with E-state index < -0.39 is 12.0 Å². The van der Waals surface area contributed by atoms with E-state index in [1.54, 1.807) is 7.11 Å². The van der Waals surface area contributed by atoms with E-state index in [4.69, 9.17) is 9.84 Å². The summed E-state index contributed by atoms with van der Waals surface area (Å²) in [6.07, 6.45) is 0.930. The zero-order valence-electron chi connectivity index (χ0n) is 11.9. The van der Waals surface area contributed by atoms with Crippen molar-refractivity contribution in [2.75, 3.05) is 26.8 Å². The van der Waals surface area contributed by atoms with Crippen LogP contribution >= 0.6 is 0 Å². The summed E-state index contributed by atoms with van der Waals surface area (Å²) < 4.78 is 4.87. The number of hydrogen-bond acceptors (Lipinski definition) is 3. The van der Waals surface area contributed by atoms with Crippen LogP contribution in [0.25, 0.3) is 0 Å². The molecule has 0 spiro atoms. The highest BCUT2D eigenvalue weighted by Gasteiger charge is 2.22. The standard InChI is InChI=1S/C13H24N2O4/c1-5-15(9-10(2)3)13(18)14-11(12(16)17)7-6-8-19-4/h11H,2,5-9H2,1,3-4H3,(H,14,18)(H,16,17). The Morgan fingerprint density at radius 3 is 2.53 bits per heavy atom. The first-order valence-corrected chi connectivity index (χ1v) is 6.33. The summed E-state index contributed by atoms with van der Waals surface area (Å²) in [5.74, 6) is -1.03. The van der Waals surface area contributed by atoms with Gasteiger partial charge in [-0.1, -0.05) is 12.2 Å². The van der Waals surface area contributed by atoms with Crippen LogP contribution in [0.1, 0.15) is 26.7 Å². The summed E-state index contributed by atoms with van der Waals surface area (Å²) in [4.78, 5) is 24.5. The van der Waals surface area contributed by atoms with Gasteiger partial charge in [0.25, 0.3) is 0 Å². The number of nitrogens with one attached hydrogen (secondary N) is 1. The third kappa shape index (κ3) is 7.46. The molecule has 0 heterocycles. The zero-order chi connectivity index (χ0) is 14.8. The molecule has 0 aliphatic rings. The lowest BCUT2D eigenvalue weighted by atomic mass is 10.1. The Bertz CT molecular complexity index is 318. The predicted octanol–water partition coefficient (Wildman–Crippen LogP) is 1.47. The number of carbonyl (C=O) groups is 2. The lowest BCUT2D eigenvalue weighted by molar-refractivity contribution is -0.139. The molecule has 2 N–H and O–H groups in total. The van der Waals surface area contributed by atoms with Gasteiger partial charge in [-0.05, 0) is 26.7 Å². The molecular weight excluding hydrogens is 248 g/mol. The summed E-state index contributed by atoms with van der Waals surface area (Å²) in [5, 5.41) is 11.6. The number of hydrogen-bond donors (Lipinski definition) is 2. The maximum absolute atomic E-state index is 11.9. The molecule has 0 rings (SSSR count). The van der Waals surface area contributed by atoms with Crippen LogP contribution in [0.4, 0.5) is 4.79 Å². The summed E-state index contributed by atoms with van der Waals surface area (Å²) in [6, 6.07) is -1.27. The fraction of sp³-hybridized carbons (Fsp3) is 0.692. The van der Waals surface area contributed by atoms with Crippen molar-refractivity contribution in [1.82, 2.24) is 10.2 Å². The Hall–Kier alpha value is -1.56. The van der Waals surface area contributed by atoms with Crippen LogP contribution in [-0.2, 0) is 9.53 Å². The van der Waals surface area contributed by atoms with Gasteiger partial charge in [0.15, 0.2) is 0 Å². The van der Waals surface area contributed by atoms with E-state index in [2.05, 4.69) is 11.9 Å². The molecule has 0 aromatic heterocycles. The van der Waals surface area contributed by atoms with Crippen LogP contribution in [0.3, 0.4) is 0 Å². The molecule has 6 nitrogen and oxygen atoms in total. The molecule has 1 atom stereocenters. The Morgan fingerprint density at radius 2 is 2.11 bits per heavy atom. The minimum absolute atomic E-state index is 0.347. The van der Waals surface area contributed by atoms with Crippen LogP contribution in [-0.4, -0.2) is 54.9 Å². The zero-order valence-corrected chi connectivity index (χ0v) is 11.9. The number of ether oxygens (including phenoxy) is 1. The van der Waals surface area contributed by atoms with Crippen LogP contribution < -0.4 is 5.32 Å². The number of amides is 2. The second kappa shape index (κ2) is 9.38. The second-order valence-corrected chi connectivity index (χ2v) is 4.45. The molecule has 0 saturated heterocycles. The van der Waals surface area contributed by atoms with Crippen molar-refractivity contribution in [2.45, 2.75) is 32.7 Å². The molecule has 110 valence electrons. The summed E-state index contributed by atoms with van der Waals surface area (Å²) >= 11 is 0. The summed E-state index contributed by atoms with van der Waals surface area (Å²) in [7, 11) is 1.56. The summed E-state index contributed by atoms with van der Waals surface area (Å²) in [5.41, 5.74) is 0.850. The van der Waals surface area contributed by atoms with E-state index in [0.29, 0.717) is 32.5 Å². The van der Waals surface area contributed by atoms with Crippen molar-refractivity contribution in [3.05, 3.63) is 12.2 Å². The Kier molecular flexibility index (Phi) is 8.61. The fourth-order valence-electron chi connectivity index (χ4n) is 1.58. The first-order chi connectivity index (χ1) is 8.92.